The van der Waals surface area contributed by atoms with Crippen LogP contribution in [0.5, 0.6) is 11.5 Å². The molecule has 0 aliphatic carbocycles. The van der Waals surface area contributed by atoms with Crippen molar-refractivity contribution in [1.82, 2.24) is 0 Å². The van der Waals surface area contributed by atoms with Crippen molar-refractivity contribution in [1.29, 1.82) is 0 Å². The van der Waals surface area contributed by atoms with Gasteiger partial charge in [0.2, 0.25) is 10.0 Å². The third-order valence-corrected chi connectivity index (χ3v) is 5.50. The standard InChI is InChI=1S/C24H30N2O9S/c1-4-5-11-26-20-12-18(24(29)33-14-16(2)34-22(28)15-32-17(3)27)13-21(36(25,30)31)23(20)35-19-9-7-6-8-10-19/h6-10,12-13,16,26H,4-5,11,14-15H2,1-3H3,(H2,25,30,31). The maximum atomic E-state index is 12.7. The van der Waals surface area contributed by atoms with Gasteiger partial charge in [0.1, 0.15) is 23.4 Å². The molecule has 0 aliphatic heterocycles. The number of rotatable bonds is 13. The summed E-state index contributed by atoms with van der Waals surface area (Å²) in [6, 6.07) is 11.0. The Kier molecular flexibility index (Phi) is 10.7. The van der Waals surface area contributed by atoms with Crippen molar-refractivity contribution in [2.45, 2.75) is 44.6 Å². The molecule has 0 aliphatic rings. The van der Waals surface area contributed by atoms with Gasteiger partial charge < -0.3 is 24.3 Å². The molecule has 2 aromatic carbocycles. The second kappa shape index (κ2) is 13.4. The molecule has 2 rings (SSSR count). The highest BCUT2D eigenvalue weighted by molar-refractivity contribution is 7.89. The van der Waals surface area contributed by atoms with Crippen molar-refractivity contribution in [2.75, 3.05) is 25.1 Å². The molecule has 0 spiro atoms. The average molecular weight is 523 g/mol. The van der Waals surface area contributed by atoms with Crippen molar-refractivity contribution in [3.05, 3.63) is 48.0 Å². The molecule has 0 bridgehead atoms. The Hall–Kier alpha value is -3.64. The van der Waals surface area contributed by atoms with Crippen LogP contribution in [0.4, 0.5) is 5.69 Å². The minimum absolute atomic E-state index is 0.0517. The molecule has 11 nitrogen and oxygen atoms in total. The van der Waals surface area contributed by atoms with Gasteiger partial charge in [-0.15, -0.1) is 0 Å². The van der Waals surface area contributed by atoms with E-state index in [1.165, 1.54) is 13.0 Å². The summed E-state index contributed by atoms with van der Waals surface area (Å²) in [7, 11) is -4.31. The molecule has 0 fully saturated rings. The van der Waals surface area contributed by atoms with Gasteiger partial charge in [0.25, 0.3) is 0 Å². The molecule has 36 heavy (non-hydrogen) atoms. The fraction of sp³-hybridized carbons (Fsp3) is 0.375. The van der Waals surface area contributed by atoms with Crippen molar-refractivity contribution in [3.63, 3.8) is 0 Å². The normalized spacial score (nSPS) is 11.8. The molecule has 2 aromatic rings. The Morgan fingerprint density at radius 2 is 1.78 bits per heavy atom. The molecule has 0 saturated heterocycles. The lowest BCUT2D eigenvalue weighted by Crippen LogP contribution is -2.25. The number of carbonyl (C=O) groups is 3. The van der Waals surface area contributed by atoms with Crippen LogP contribution in [0.1, 0.15) is 44.0 Å². The molecule has 0 aromatic heterocycles. The van der Waals surface area contributed by atoms with E-state index < -0.39 is 45.5 Å². The third-order valence-electron chi connectivity index (χ3n) is 4.58. The number of unbranched alkanes of at least 4 members (excludes halogenated alkanes) is 1. The van der Waals surface area contributed by atoms with Gasteiger partial charge in [-0.05, 0) is 37.6 Å². The minimum Gasteiger partial charge on any atom is -0.458 e. The zero-order valence-electron chi connectivity index (χ0n) is 20.3. The molecule has 196 valence electrons. The summed E-state index contributed by atoms with van der Waals surface area (Å²) in [5.74, 6) is -1.99. The summed E-state index contributed by atoms with van der Waals surface area (Å²) in [5.41, 5.74) is 0.142. The van der Waals surface area contributed by atoms with Crippen molar-refractivity contribution < 1.29 is 41.7 Å². The Balaban J connectivity index is 2.28. The van der Waals surface area contributed by atoms with Crippen molar-refractivity contribution in [3.8, 4) is 11.5 Å². The van der Waals surface area contributed by atoms with Gasteiger partial charge in [0.15, 0.2) is 12.4 Å². The molecular weight excluding hydrogens is 492 g/mol. The Morgan fingerprint density at radius 1 is 1.08 bits per heavy atom. The number of benzene rings is 2. The monoisotopic (exact) mass is 522 g/mol. The van der Waals surface area contributed by atoms with Crippen molar-refractivity contribution in [2.24, 2.45) is 5.14 Å². The van der Waals surface area contributed by atoms with E-state index in [0.29, 0.717) is 12.3 Å². The van der Waals surface area contributed by atoms with Crippen LogP contribution in [0, 0.1) is 0 Å². The second-order valence-corrected chi connectivity index (χ2v) is 9.30. The molecule has 0 saturated carbocycles. The van der Waals surface area contributed by atoms with Gasteiger partial charge in [0, 0.05) is 13.5 Å². The first-order valence-corrected chi connectivity index (χ1v) is 12.7. The summed E-state index contributed by atoms with van der Waals surface area (Å²) in [4.78, 5) is 34.8. The number of para-hydroxylation sites is 1. The molecule has 1 unspecified atom stereocenters. The van der Waals surface area contributed by atoms with Crippen LogP contribution in [0.15, 0.2) is 47.4 Å². The summed E-state index contributed by atoms with van der Waals surface area (Å²) in [6.45, 7) is 4.21. The number of hydrogen-bond donors (Lipinski definition) is 2. The van der Waals surface area contributed by atoms with Crippen LogP contribution >= 0.6 is 0 Å². The fourth-order valence-electron chi connectivity index (χ4n) is 2.90. The molecule has 12 heteroatoms. The minimum atomic E-state index is -4.31. The SMILES string of the molecule is CCCCNc1cc(C(=O)OCC(C)OC(=O)COC(C)=O)cc(S(N)(=O)=O)c1Oc1ccccc1. The van der Waals surface area contributed by atoms with Gasteiger partial charge in [-0.2, -0.15) is 0 Å². The Bertz CT molecular complexity index is 1170. The van der Waals surface area contributed by atoms with Crippen LogP contribution in [-0.2, 0) is 33.8 Å². The average Bonchev–Trinajstić information content (AvgIpc) is 2.82. The predicted octanol–water partition coefficient (Wildman–Crippen LogP) is 2.99. The van der Waals surface area contributed by atoms with E-state index in [2.05, 4.69) is 10.1 Å². The van der Waals surface area contributed by atoms with Crippen LogP contribution in [0.3, 0.4) is 0 Å². The summed E-state index contributed by atoms with van der Waals surface area (Å²) in [5, 5.41) is 8.54. The second-order valence-electron chi connectivity index (χ2n) is 7.77. The number of primary sulfonamides is 1. The van der Waals surface area contributed by atoms with E-state index in [0.717, 1.165) is 25.8 Å². The van der Waals surface area contributed by atoms with Crippen LogP contribution in [0.2, 0.25) is 0 Å². The number of nitrogens with two attached hydrogens (primary N) is 1. The van der Waals surface area contributed by atoms with Gasteiger partial charge in [-0.1, -0.05) is 31.5 Å². The van der Waals surface area contributed by atoms with Crippen LogP contribution in [-0.4, -0.2) is 52.2 Å². The van der Waals surface area contributed by atoms with Crippen LogP contribution < -0.4 is 15.2 Å². The number of ether oxygens (including phenoxy) is 4. The largest absolute Gasteiger partial charge is 0.458 e. The lowest BCUT2D eigenvalue weighted by atomic mass is 10.1. The van der Waals surface area contributed by atoms with E-state index in [4.69, 9.17) is 19.3 Å². The van der Waals surface area contributed by atoms with Gasteiger partial charge in [-0.25, -0.2) is 23.1 Å². The molecule has 0 radical (unpaired) electrons. The Morgan fingerprint density at radius 3 is 2.39 bits per heavy atom. The highest BCUT2D eigenvalue weighted by atomic mass is 32.2. The first-order valence-electron chi connectivity index (χ1n) is 11.2. The van der Waals surface area contributed by atoms with Gasteiger partial charge in [-0.3, -0.25) is 4.79 Å². The highest BCUT2D eigenvalue weighted by Crippen LogP contribution is 2.37. The number of esters is 3. The topological polar surface area (TPSA) is 160 Å². The Labute approximate surface area is 209 Å². The third kappa shape index (κ3) is 9.19. The quantitative estimate of drug-likeness (QED) is 0.227. The van der Waals surface area contributed by atoms with E-state index in [-0.39, 0.29) is 23.6 Å². The van der Waals surface area contributed by atoms with E-state index >= 15 is 0 Å². The lowest BCUT2D eigenvalue weighted by molar-refractivity contribution is -0.162. The first-order chi connectivity index (χ1) is 17.0. The fourth-order valence-corrected chi connectivity index (χ4v) is 3.60. The summed E-state index contributed by atoms with van der Waals surface area (Å²) >= 11 is 0. The van der Waals surface area contributed by atoms with Gasteiger partial charge in [0.05, 0.1) is 11.3 Å². The predicted molar refractivity (Wildman–Crippen MR) is 130 cm³/mol. The maximum absolute atomic E-state index is 12.7. The first kappa shape index (κ1) is 28.6. The zero-order chi connectivity index (χ0) is 26.7. The molecule has 3 N–H and O–H groups in total. The number of nitrogens with one attached hydrogen (secondary N) is 1. The zero-order valence-corrected chi connectivity index (χ0v) is 21.1. The molecule has 1 atom stereocenters. The number of sulfonamides is 1. The number of anilines is 1. The molecule has 0 amide bonds. The molecular formula is C24H30N2O9S. The van der Waals surface area contributed by atoms with E-state index in [9.17, 15) is 22.8 Å². The number of carbonyl (C=O) groups excluding carboxylic acids is 3. The van der Waals surface area contributed by atoms with Gasteiger partial charge >= 0.3 is 17.9 Å². The molecule has 0 heterocycles. The van der Waals surface area contributed by atoms with E-state index in [1.54, 1.807) is 30.3 Å². The summed E-state index contributed by atoms with van der Waals surface area (Å²) < 4.78 is 45.4. The highest BCUT2D eigenvalue weighted by Gasteiger charge is 2.25. The van der Waals surface area contributed by atoms with Crippen LogP contribution in [0.25, 0.3) is 0 Å². The number of hydrogen-bond acceptors (Lipinski definition) is 10. The van der Waals surface area contributed by atoms with Crippen molar-refractivity contribution >= 4 is 33.6 Å². The van der Waals surface area contributed by atoms with E-state index in [1.807, 2.05) is 6.92 Å². The smallest absolute Gasteiger partial charge is 0.344 e. The summed E-state index contributed by atoms with van der Waals surface area (Å²) in [6.07, 6.45) is 0.803. The maximum Gasteiger partial charge on any atom is 0.344 e. The lowest BCUT2D eigenvalue weighted by Gasteiger charge is -2.18.